The summed E-state index contributed by atoms with van der Waals surface area (Å²) in [4.78, 5) is 22.1. The van der Waals surface area contributed by atoms with Crippen LogP contribution in [0, 0.1) is 0 Å². The van der Waals surface area contributed by atoms with Gasteiger partial charge in [-0.05, 0) is 18.2 Å². The number of hydrogen-bond acceptors (Lipinski definition) is 3. The molecule has 0 bridgehead atoms. The predicted octanol–water partition coefficient (Wildman–Crippen LogP) is 1.99. The molecule has 0 amide bonds. The molecule has 1 N–H and O–H groups in total. The molecule has 2 aromatic heterocycles. The highest BCUT2D eigenvalue weighted by molar-refractivity contribution is 5.83. The second-order valence-electron chi connectivity index (χ2n) is 3.71. The molecule has 0 saturated heterocycles. The van der Waals surface area contributed by atoms with Crippen LogP contribution in [-0.4, -0.2) is 15.0 Å². The molecule has 0 aliphatic carbocycles. The van der Waals surface area contributed by atoms with Crippen molar-refractivity contribution in [2.24, 2.45) is 0 Å². The van der Waals surface area contributed by atoms with Crippen molar-refractivity contribution in [1.29, 1.82) is 0 Å². The summed E-state index contributed by atoms with van der Waals surface area (Å²) in [6, 6.07) is 11.2. The number of rotatable bonds is 1. The molecule has 0 spiro atoms. The first-order valence-corrected chi connectivity index (χ1v) is 5.23. The summed E-state index contributed by atoms with van der Waals surface area (Å²) in [5, 5.41) is 1.03. The third kappa shape index (κ3) is 1.80. The minimum atomic E-state index is -0.152. The first-order valence-electron chi connectivity index (χ1n) is 5.23. The zero-order valence-corrected chi connectivity index (χ0v) is 8.92. The molecule has 4 nitrogen and oxygen atoms in total. The number of benzene rings is 1. The number of aromatic amines is 1. The van der Waals surface area contributed by atoms with E-state index in [0.29, 0.717) is 5.69 Å². The van der Waals surface area contributed by atoms with Crippen LogP contribution < -0.4 is 5.56 Å². The van der Waals surface area contributed by atoms with E-state index in [0.717, 1.165) is 16.5 Å². The Morgan fingerprint density at radius 3 is 2.88 bits per heavy atom. The summed E-state index contributed by atoms with van der Waals surface area (Å²) < 4.78 is 0. The highest BCUT2D eigenvalue weighted by Crippen LogP contribution is 2.20. The molecule has 2 heterocycles. The summed E-state index contributed by atoms with van der Waals surface area (Å²) in [6.07, 6.45) is 3.17. The molecule has 0 atom stereocenters. The molecule has 1 aromatic carbocycles. The van der Waals surface area contributed by atoms with E-state index in [4.69, 9.17) is 0 Å². The third-order valence-corrected chi connectivity index (χ3v) is 2.58. The zero-order chi connectivity index (χ0) is 11.7. The number of aromatic nitrogens is 3. The topological polar surface area (TPSA) is 58.6 Å². The van der Waals surface area contributed by atoms with Crippen molar-refractivity contribution < 1.29 is 0 Å². The Bertz CT molecular complexity index is 734. The van der Waals surface area contributed by atoms with Crippen molar-refractivity contribution in [3.05, 3.63) is 59.3 Å². The van der Waals surface area contributed by atoms with Crippen LogP contribution in [0.4, 0.5) is 0 Å². The van der Waals surface area contributed by atoms with Crippen LogP contribution in [0.2, 0.25) is 0 Å². The van der Waals surface area contributed by atoms with Crippen molar-refractivity contribution in [3.63, 3.8) is 0 Å². The van der Waals surface area contributed by atoms with Gasteiger partial charge in [-0.15, -0.1) is 0 Å². The standard InChI is InChI=1S/C13H9N3O/c17-13-7-12(15-8-16-13)10-3-4-11-9(6-10)2-1-5-14-11/h1-8H,(H,15,16,17). The van der Waals surface area contributed by atoms with Gasteiger partial charge in [-0.1, -0.05) is 12.1 Å². The molecule has 0 saturated carbocycles. The van der Waals surface area contributed by atoms with E-state index in [9.17, 15) is 4.79 Å². The normalized spacial score (nSPS) is 10.6. The fraction of sp³-hybridized carbons (Fsp3) is 0. The smallest absolute Gasteiger partial charge is 0.251 e. The Kier molecular flexibility index (Phi) is 2.19. The van der Waals surface area contributed by atoms with Crippen LogP contribution >= 0.6 is 0 Å². The van der Waals surface area contributed by atoms with Crippen LogP contribution in [0.5, 0.6) is 0 Å². The maximum atomic E-state index is 11.2. The average molecular weight is 223 g/mol. The minimum absolute atomic E-state index is 0.152. The van der Waals surface area contributed by atoms with Crippen molar-refractivity contribution in [1.82, 2.24) is 15.0 Å². The second kappa shape index (κ2) is 3.83. The average Bonchev–Trinajstić information content (AvgIpc) is 2.38. The van der Waals surface area contributed by atoms with Crippen LogP contribution in [0.25, 0.3) is 22.2 Å². The van der Waals surface area contributed by atoms with Crippen LogP contribution in [0.3, 0.4) is 0 Å². The molecule has 3 aromatic rings. The molecule has 82 valence electrons. The maximum Gasteiger partial charge on any atom is 0.251 e. The molecule has 0 radical (unpaired) electrons. The van der Waals surface area contributed by atoms with Crippen LogP contribution in [0.15, 0.2) is 53.7 Å². The van der Waals surface area contributed by atoms with Crippen molar-refractivity contribution >= 4 is 10.9 Å². The Morgan fingerprint density at radius 2 is 2.00 bits per heavy atom. The van der Waals surface area contributed by atoms with Gasteiger partial charge in [0, 0.05) is 23.2 Å². The van der Waals surface area contributed by atoms with Gasteiger partial charge in [0.25, 0.3) is 5.56 Å². The largest absolute Gasteiger partial charge is 0.313 e. The summed E-state index contributed by atoms with van der Waals surface area (Å²) in [6.45, 7) is 0. The van der Waals surface area contributed by atoms with Crippen LogP contribution in [0.1, 0.15) is 0 Å². The fourth-order valence-electron chi connectivity index (χ4n) is 1.76. The van der Waals surface area contributed by atoms with E-state index in [1.165, 1.54) is 12.4 Å². The number of pyridine rings is 1. The molecule has 0 aliphatic rings. The number of H-pyrrole nitrogens is 1. The number of fused-ring (bicyclic) bond motifs is 1. The zero-order valence-electron chi connectivity index (χ0n) is 8.92. The lowest BCUT2D eigenvalue weighted by Gasteiger charge is -2.01. The summed E-state index contributed by atoms with van der Waals surface area (Å²) in [7, 11) is 0. The highest BCUT2D eigenvalue weighted by atomic mass is 16.1. The van der Waals surface area contributed by atoms with E-state index in [2.05, 4.69) is 15.0 Å². The Hall–Kier alpha value is -2.49. The molecular formula is C13H9N3O. The van der Waals surface area contributed by atoms with Crippen molar-refractivity contribution in [2.45, 2.75) is 0 Å². The first kappa shape index (κ1) is 9.72. The van der Waals surface area contributed by atoms with Gasteiger partial charge < -0.3 is 4.98 Å². The molecule has 3 rings (SSSR count). The lowest BCUT2D eigenvalue weighted by Crippen LogP contribution is -2.04. The van der Waals surface area contributed by atoms with Crippen LogP contribution in [-0.2, 0) is 0 Å². The Labute approximate surface area is 97.0 Å². The quantitative estimate of drug-likeness (QED) is 0.686. The monoisotopic (exact) mass is 223 g/mol. The summed E-state index contributed by atoms with van der Waals surface area (Å²) in [5.74, 6) is 0. The Morgan fingerprint density at radius 1 is 1.06 bits per heavy atom. The molecular weight excluding hydrogens is 214 g/mol. The highest BCUT2D eigenvalue weighted by Gasteiger charge is 2.01. The molecule has 17 heavy (non-hydrogen) atoms. The van der Waals surface area contributed by atoms with Gasteiger partial charge in [0.05, 0.1) is 17.5 Å². The first-order chi connectivity index (χ1) is 8.33. The van der Waals surface area contributed by atoms with Crippen molar-refractivity contribution in [2.75, 3.05) is 0 Å². The number of nitrogens with one attached hydrogen (secondary N) is 1. The van der Waals surface area contributed by atoms with Gasteiger partial charge >= 0.3 is 0 Å². The summed E-state index contributed by atoms with van der Waals surface area (Å²) in [5.41, 5.74) is 2.36. The van der Waals surface area contributed by atoms with E-state index in [1.54, 1.807) is 6.20 Å². The third-order valence-electron chi connectivity index (χ3n) is 2.58. The molecule has 0 unspecified atom stereocenters. The lowest BCUT2D eigenvalue weighted by atomic mass is 10.1. The summed E-state index contributed by atoms with van der Waals surface area (Å²) >= 11 is 0. The van der Waals surface area contributed by atoms with Crippen molar-refractivity contribution in [3.8, 4) is 11.3 Å². The van der Waals surface area contributed by atoms with Gasteiger partial charge in [-0.25, -0.2) is 4.98 Å². The molecule has 0 aliphatic heterocycles. The van der Waals surface area contributed by atoms with E-state index >= 15 is 0 Å². The van der Waals surface area contributed by atoms with Gasteiger partial charge in [0.15, 0.2) is 0 Å². The van der Waals surface area contributed by atoms with Gasteiger partial charge in [0.1, 0.15) is 0 Å². The maximum absolute atomic E-state index is 11.2. The molecule has 0 fully saturated rings. The van der Waals surface area contributed by atoms with Gasteiger partial charge in [0.2, 0.25) is 0 Å². The predicted molar refractivity (Wildman–Crippen MR) is 65.6 cm³/mol. The minimum Gasteiger partial charge on any atom is -0.313 e. The van der Waals surface area contributed by atoms with Gasteiger partial charge in [-0.3, -0.25) is 9.78 Å². The van der Waals surface area contributed by atoms with Gasteiger partial charge in [-0.2, -0.15) is 0 Å². The SMILES string of the molecule is O=c1cc(-c2ccc3ncccc3c2)nc[nH]1. The second-order valence-corrected chi connectivity index (χ2v) is 3.71. The van der Waals surface area contributed by atoms with E-state index in [-0.39, 0.29) is 5.56 Å². The molecule has 4 heteroatoms. The van der Waals surface area contributed by atoms with E-state index < -0.39 is 0 Å². The fourth-order valence-corrected chi connectivity index (χ4v) is 1.76. The number of hydrogen-bond donors (Lipinski definition) is 1. The van der Waals surface area contributed by atoms with E-state index in [1.807, 2.05) is 30.3 Å². The Balaban J connectivity index is 2.21. The number of nitrogens with zero attached hydrogens (tertiary/aromatic N) is 2. The lowest BCUT2D eigenvalue weighted by molar-refractivity contribution is 1.12.